The third-order valence-electron chi connectivity index (χ3n) is 4.56. The Balaban J connectivity index is 1.63. The van der Waals surface area contributed by atoms with Crippen LogP contribution >= 0.6 is 23.3 Å². The first kappa shape index (κ1) is 26.2. The number of aliphatic carboxylic acids is 1. The molecule has 3 atom stereocenters. The summed E-state index contributed by atoms with van der Waals surface area (Å²) in [4.78, 5) is 58.8. The van der Waals surface area contributed by atoms with E-state index in [9.17, 15) is 24.3 Å². The molecule has 0 saturated carbocycles. The van der Waals surface area contributed by atoms with E-state index < -0.39 is 40.9 Å². The fourth-order valence-corrected chi connectivity index (χ4v) is 4.81. The summed E-state index contributed by atoms with van der Waals surface area (Å²) in [6.07, 6.45) is 0.654. The number of alkyl carbamates (subject to hydrolysis) is 1. The summed E-state index contributed by atoms with van der Waals surface area (Å²) in [5.74, 6) is -2.44. The molecular weight excluding hydrogens is 502 g/mol. The van der Waals surface area contributed by atoms with E-state index >= 15 is 0 Å². The summed E-state index contributed by atoms with van der Waals surface area (Å²) in [6, 6.07) is -0.906. The standard InChI is InChI=1S/C19H25N7O7S2/c1-8-9(16(29)30)7-26-14(28)11(15(26)34-8)22-13(27)10(12-23-17(20)35-25-12)24-32-6-5-21-18(31)33-19(2,3)4/h7-8,11,15H,5-6H2,1-4H3,(H,21,31)(H,22,27)(H,29,30)(H2,20,23,25)/t8?,11?,15-/m1/s1. The van der Waals surface area contributed by atoms with Crippen molar-refractivity contribution >= 4 is 58.0 Å². The quantitative estimate of drug-likeness (QED) is 0.155. The molecule has 2 aliphatic heterocycles. The summed E-state index contributed by atoms with van der Waals surface area (Å²) < 4.78 is 9.07. The summed E-state index contributed by atoms with van der Waals surface area (Å²) >= 11 is 2.09. The highest BCUT2D eigenvalue weighted by Gasteiger charge is 2.52. The van der Waals surface area contributed by atoms with E-state index in [1.807, 2.05) is 0 Å². The topological polar surface area (TPSA) is 198 Å². The van der Waals surface area contributed by atoms with Gasteiger partial charge in [-0.25, -0.2) is 9.59 Å². The summed E-state index contributed by atoms with van der Waals surface area (Å²) in [5.41, 5.74) is 4.75. The number of rotatable bonds is 8. The van der Waals surface area contributed by atoms with Crippen molar-refractivity contribution < 1.29 is 33.9 Å². The van der Waals surface area contributed by atoms with Crippen molar-refractivity contribution in [1.82, 2.24) is 24.9 Å². The zero-order chi connectivity index (χ0) is 25.9. The molecule has 1 aromatic heterocycles. The Hall–Kier alpha value is -3.40. The number of anilines is 1. The predicted octanol–water partition coefficient (Wildman–Crippen LogP) is 0.123. The molecular formula is C19H25N7O7S2. The van der Waals surface area contributed by atoms with Crippen LogP contribution in [0.4, 0.5) is 9.93 Å². The number of carboxylic acid groups (broad SMARTS) is 1. The lowest BCUT2D eigenvalue weighted by Gasteiger charge is -2.48. The molecule has 3 heterocycles. The van der Waals surface area contributed by atoms with Crippen LogP contribution in [0.15, 0.2) is 16.9 Å². The Bertz CT molecular complexity index is 1080. The third kappa shape index (κ3) is 6.39. The van der Waals surface area contributed by atoms with E-state index in [0.717, 1.165) is 11.5 Å². The number of nitrogen functional groups attached to an aromatic ring is 1. The number of carboxylic acids is 1. The van der Waals surface area contributed by atoms with Crippen LogP contribution in [0.25, 0.3) is 0 Å². The van der Waals surface area contributed by atoms with Gasteiger partial charge in [0.15, 0.2) is 5.13 Å². The van der Waals surface area contributed by atoms with Gasteiger partial charge in [0.1, 0.15) is 23.6 Å². The number of nitrogens with zero attached hydrogens (tertiary/aromatic N) is 4. The van der Waals surface area contributed by atoms with Crippen LogP contribution in [0.2, 0.25) is 0 Å². The maximum Gasteiger partial charge on any atom is 0.407 e. The van der Waals surface area contributed by atoms with Gasteiger partial charge in [-0.2, -0.15) is 9.36 Å². The van der Waals surface area contributed by atoms with Crippen molar-refractivity contribution in [2.24, 2.45) is 5.16 Å². The number of hydrogen-bond acceptors (Lipinski definition) is 12. The summed E-state index contributed by atoms with van der Waals surface area (Å²) in [7, 11) is 0. The molecule has 2 aliphatic rings. The molecule has 0 aromatic carbocycles. The molecule has 0 radical (unpaired) electrons. The number of carbonyl (C=O) groups is 4. The number of fused-ring (bicyclic) bond motifs is 1. The van der Waals surface area contributed by atoms with E-state index in [-0.39, 0.29) is 40.6 Å². The van der Waals surface area contributed by atoms with Crippen molar-refractivity contribution in [1.29, 1.82) is 0 Å². The van der Waals surface area contributed by atoms with Crippen LogP contribution in [0.1, 0.15) is 33.5 Å². The number of nitrogens with two attached hydrogens (primary N) is 1. The fraction of sp³-hybridized carbons (Fsp3) is 0.526. The zero-order valence-corrected chi connectivity index (χ0v) is 20.9. The minimum Gasteiger partial charge on any atom is -0.478 e. The largest absolute Gasteiger partial charge is 0.478 e. The first-order chi connectivity index (χ1) is 16.4. The molecule has 14 nitrogen and oxygen atoms in total. The number of carbonyl (C=O) groups excluding carboxylic acids is 3. The van der Waals surface area contributed by atoms with Crippen LogP contribution in [-0.2, 0) is 24.0 Å². The number of ether oxygens (including phenoxy) is 1. The second-order valence-corrected chi connectivity index (χ2v) is 10.7. The number of amides is 3. The maximum absolute atomic E-state index is 12.9. The molecule has 0 aliphatic carbocycles. The van der Waals surface area contributed by atoms with E-state index in [1.54, 1.807) is 27.7 Å². The van der Waals surface area contributed by atoms with Gasteiger partial charge in [0, 0.05) is 23.0 Å². The lowest BCUT2D eigenvalue weighted by molar-refractivity contribution is -0.144. The van der Waals surface area contributed by atoms with Gasteiger partial charge in [0.2, 0.25) is 11.5 Å². The van der Waals surface area contributed by atoms with Crippen LogP contribution in [0, 0.1) is 0 Å². The molecule has 35 heavy (non-hydrogen) atoms. The normalized spacial score (nSPS) is 21.9. The van der Waals surface area contributed by atoms with Gasteiger partial charge in [0.25, 0.3) is 11.8 Å². The maximum atomic E-state index is 12.9. The number of β-lactam (4-membered cyclic amide) rings is 1. The first-order valence-electron chi connectivity index (χ1n) is 10.4. The van der Waals surface area contributed by atoms with Crippen molar-refractivity contribution in [2.45, 2.75) is 50.0 Å². The average Bonchev–Trinajstić information content (AvgIpc) is 3.18. The average molecular weight is 528 g/mol. The highest BCUT2D eigenvalue weighted by Crippen LogP contribution is 2.40. The number of aromatic nitrogens is 2. The summed E-state index contributed by atoms with van der Waals surface area (Å²) in [5, 5.41) is 17.4. The molecule has 1 fully saturated rings. The number of nitrogens with one attached hydrogen (secondary N) is 2. The Morgan fingerprint density at radius 2 is 2.06 bits per heavy atom. The van der Waals surface area contributed by atoms with Crippen LogP contribution in [0.3, 0.4) is 0 Å². The molecule has 16 heteroatoms. The van der Waals surface area contributed by atoms with Crippen molar-refractivity contribution in [3.63, 3.8) is 0 Å². The smallest absolute Gasteiger partial charge is 0.407 e. The monoisotopic (exact) mass is 527 g/mol. The molecule has 2 unspecified atom stereocenters. The van der Waals surface area contributed by atoms with Crippen molar-refractivity contribution in [3.05, 3.63) is 17.6 Å². The Labute approximate surface area is 208 Å². The van der Waals surface area contributed by atoms with E-state index in [1.165, 1.54) is 22.9 Å². The number of hydrogen-bond donors (Lipinski definition) is 4. The van der Waals surface area contributed by atoms with Gasteiger partial charge in [-0.05, 0) is 27.7 Å². The highest BCUT2D eigenvalue weighted by molar-refractivity contribution is 8.00. The second kappa shape index (κ2) is 10.5. The van der Waals surface area contributed by atoms with Gasteiger partial charge >= 0.3 is 12.1 Å². The van der Waals surface area contributed by atoms with Crippen LogP contribution in [-0.4, -0.2) is 84.4 Å². The predicted molar refractivity (Wildman–Crippen MR) is 126 cm³/mol. The molecule has 190 valence electrons. The van der Waals surface area contributed by atoms with Gasteiger partial charge in [-0.3, -0.25) is 9.59 Å². The van der Waals surface area contributed by atoms with Crippen molar-refractivity contribution in [2.75, 3.05) is 18.9 Å². The Kier molecular flexibility index (Phi) is 7.84. The Morgan fingerprint density at radius 1 is 1.34 bits per heavy atom. The highest BCUT2D eigenvalue weighted by atomic mass is 32.2. The SMILES string of the molecule is CC1S[C@@H]2C(NC(=O)C(=NOCCNC(=O)OC(C)(C)C)c3nsc(N)n3)C(=O)N2C=C1C(=O)O. The third-order valence-corrected chi connectivity index (χ3v) is 6.54. The van der Waals surface area contributed by atoms with E-state index in [2.05, 4.69) is 25.1 Å². The minimum absolute atomic E-state index is 0.0465. The van der Waals surface area contributed by atoms with Crippen molar-refractivity contribution in [3.8, 4) is 0 Å². The molecule has 3 rings (SSSR count). The fourth-order valence-electron chi connectivity index (χ4n) is 3.01. The Morgan fingerprint density at radius 3 is 2.66 bits per heavy atom. The second-order valence-electron chi connectivity index (χ2n) is 8.41. The number of thioether (sulfide) groups is 1. The van der Waals surface area contributed by atoms with E-state index in [4.69, 9.17) is 15.3 Å². The summed E-state index contributed by atoms with van der Waals surface area (Å²) in [6.45, 7) is 6.84. The van der Waals surface area contributed by atoms with Gasteiger partial charge < -0.3 is 35.9 Å². The molecule has 3 amide bonds. The van der Waals surface area contributed by atoms with Crippen LogP contribution < -0.4 is 16.4 Å². The molecule has 5 N–H and O–H groups in total. The minimum atomic E-state index is -1.11. The number of oxime groups is 1. The van der Waals surface area contributed by atoms with Gasteiger partial charge in [0.05, 0.1) is 12.1 Å². The zero-order valence-electron chi connectivity index (χ0n) is 19.3. The molecule has 1 saturated heterocycles. The molecule has 0 spiro atoms. The lowest BCUT2D eigenvalue weighted by Crippen LogP contribution is -2.69. The lowest BCUT2D eigenvalue weighted by atomic mass is 10.1. The molecule has 0 bridgehead atoms. The first-order valence-corrected chi connectivity index (χ1v) is 12.1. The van der Waals surface area contributed by atoms with Crippen LogP contribution in [0.5, 0.6) is 0 Å². The van der Waals surface area contributed by atoms with Gasteiger partial charge in [-0.1, -0.05) is 5.16 Å². The van der Waals surface area contributed by atoms with Gasteiger partial charge in [-0.15, -0.1) is 11.8 Å². The molecule has 1 aromatic rings. The van der Waals surface area contributed by atoms with E-state index in [0.29, 0.717) is 0 Å².